The minimum atomic E-state index is -1.63. The van der Waals surface area contributed by atoms with Crippen molar-refractivity contribution in [1.82, 2.24) is 25.9 Å². The van der Waals surface area contributed by atoms with E-state index in [1.165, 1.54) is 19.4 Å². The number of nitrogens with one attached hydrogen (secondary N) is 4. The first kappa shape index (κ1) is 29.9. The molecule has 0 aliphatic heterocycles. The number of hydrogen-bond donors (Lipinski definition) is 8. The number of aliphatic hydroxyl groups is 1. The second kappa shape index (κ2) is 14.4. The molecule has 3 amide bonds. The monoisotopic (exact) mass is 532 g/mol. The van der Waals surface area contributed by atoms with Crippen molar-refractivity contribution in [1.29, 1.82) is 0 Å². The number of nitrogens with zero attached hydrogens (tertiary/aromatic N) is 1. The first-order valence-corrected chi connectivity index (χ1v) is 11.8. The topological polar surface area (TPSA) is 237 Å². The van der Waals surface area contributed by atoms with Gasteiger partial charge >= 0.3 is 11.9 Å². The summed E-state index contributed by atoms with van der Waals surface area (Å²) in [5.74, 6) is -5.00. The minimum Gasteiger partial charge on any atom is -0.481 e. The van der Waals surface area contributed by atoms with Gasteiger partial charge in [0.25, 0.3) is 0 Å². The molecule has 0 bridgehead atoms. The summed E-state index contributed by atoms with van der Waals surface area (Å²) < 4.78 is 0. The Morgan fingerprint density at radius 3 is 2.11 bits per heavy atom. The number of carbonyl (C=O) groups excluding carboxylic acids is 3. The fourth-order valence-electron chi connectivity index (χ4n) is 3.49. The fourth-order valence-corrected chi connectivity index (χ4v) is 3.49. The van der Waals surface area contributed by atoms with Gasteiger partial charge in [0.15, 0.2) is 6.04 Å². The van der Waals surface area contributed by atoms with Crippen LogP contribution in [0, 0.1) is 0 Å². The zero-order valence-corrected chi connectivity index (χ0v) is 20.7. The van der Waals surface area contributed by atoms with E-state index in [1.54, 1.807) is 30.3 Å². The largest absolute Gasteiger partial charge is 0.481 e. The van der Waals surface area contributed by atoms with E-state index >= 15 is 0 Å². The van der Waals surface area contributed by atoms with Crippen LogP contribution in [-0.2, 0) is 36.8 Å². The van der Waals surface area contributed by atoms with Gasteiger partial charge in [-0.3, -0.25) is 19.2 Å². The fraction of sp³-hybridized carbons (Fsp3) is 0.417. The van der Waals surface area contributed by atoms with Gasteiger partial charge in [0.2, 0.25) is 17.7 Å². The van der Waals surface area contributed by atoms with Crippen LogP contribution in [-0.4, -0.2) is 85.2 Å². The summed E-state index contributed by atoms with van der Waals surface area (Å²) in [6.07, 6.45) is 0.783. The molecule has 14 heteroatoms. The lowest BCUT2D eigenvalue weighted by atomic mass is 10.0. The molecular weight excluding hydrogens is 500 g/mol. The van der Waals surface area contributed by atoms with Gasteiger partial charge in [0, 0.05) is 31.2 Å². The van der Waals surface area contributed by atoms with Crippen LogP contribution in [0.1, 0.15) is 31.0 Å². The van der Waals surface area contributed by atoms with Crippen LogP contribution in [0.5, 0.6) is 0 Å². The van der Waals surface area contributed by atoms with Gasteiger partial charge in [0.05, 0.1) is 18.5 Å². The Balaban J connectivity index is 2.25. The molecule has 1 aromatic heterocycles. The van der Waals surface area contributed by atoms with E-state index in [0.717, 1.165) is 0 Å². The standard InChI is InChI=1S/C24H32N6O8/c1-13(31)20(24(37)38)30-23(36)18(10-15-11-26-12-27-15)29-22(35)17(9-14-5-3-2-4-6-14)28-21(34)16(25)7-8-19(32)33/h2-6,11-13,16-18,20,31H,7-10,25H2,1H3,(H,26,27)(H,28,34)(H,29,35)(H,30,36)(H,32,33)(H,37,38). The average Bonchev–Trinajstić information content (AvgIpc) is 3.38. The number of carbonyl (C=O) groups is 5. The lowest BCUT2D eigenvalue weighted by molar-refractivity contribution is -0.145. The number of imidazole rings is 1. The first-order valence-electron chi connectivity index (χ1n) is 11.8. The van der Waals surface area contributed by atoms with Crippen molar-refractivity contribution in [2.24, 2.45) is 5.73 Å². The molecule has 0 aliphatic carbocycles. The molecule has 2 aromatic rings. The molecule has 1 heterocycles. The molecule has 0 saturated heterocycles. The summed E-state index contributed by atoms with van der Waals surface area (Å²) in [6, 6.07) is 3.37. The molecule has 2 rings (SSSR count). The highest BCUT2D eigenvalue weighted by atomic mass is 16.4. The van der Waals surface area contributed by atoms with Gasteiger partial charge in [-0.15, -0.1) is 0 Å². The lowest BCUT2D eigenvalue weighted by Gasteiger charge is -2.25. The summed E-state index contributed by atoms with van der Waals surface area (Å²) in [6.45, 7) is 1.20. The molecular formula is C24H32N6O8. The Morgan fingerprint density at radius 1 is 0.947 bits per heavy atom. The Hall–Kier alpha value is -4.30. The maximum absolute atomic E-state index is 13.3. The third-order valence-corrected chi connectivity index (χ3v) is 5.58. The minimum absolute atomic E-state index is 0.0217. The number of amides is 3. The molecule has 5 atom stereocenters. The molecule has 9 N–H and O–H groups in total. The SMILES string of the molecule is CC(O)C(NC(=O)C(Cc1cnc[nH]1)NC(=O)C(Cc1ccccc1)NC(=O)C(N)CCC(=O)O)C(=O)O. The van der Waals surface area contributed by atoms with Crippen molar-refractivity contribution in [3.63, 3.8) is 0 Å². The quantitative estimate of drug-likeness (QED) is 0.129. The Labute approximate surface area is 218 Å². The van der Waals surface area contributed by atoms with E-state index in [1.807, 2.05) is 0 Å². The Morgan fingerprint density at radius 2 is 1.55 bits per heavy atom. The third kappa shape index (κ3) is 9.63. The maximum atomic E-state index is 13.3. The summed E-state index contributed by atoms with van der Waals surface area (Å²) in [7, 11) is 0. The van der Waals surface area contributed by atoms with Crippen LogP contribution in [0.3, 0.4) is 0 Å². The predicted molar refractivity (Wildman–Crippen MR) is 132 cm³/mol. The van der Waals surface area contributed by atoms with Crippen molar-refractivity contribution in [3.05, 3.63) is 54.1 Å². The number of rotatable bonds is 15. The zero-order chi connectivity index (χ0) is 28.2. The molecule has 0 aliphatic rings. The number of carboxylic acids is 2. The first-order chi connectivity index (χ1) is 18.0. The van der Waals surface area contributed by atoms with E-state index in [2.05, 4.69) is 25.9 Å². The van der Waals surface area contributed by atoms with Gasteiger partial charge in [-0.25, -0.2) is 9.78 Å². The van der Waals surface area contributed by atoms with Gasteiger partial charge in [0.1, 0.15) is 12.1 Å². The van der Waals surface area contributed by atoms with Crippen LogP contribution < -0.4 is 21.7 Å². The molecule has 0 saturated carbocycles. The molecule has 0 fully saturated rings. The number of H-pyrrole nitrogens is 1. The summed E-state index contributed by atoms with van der Waals surface area (Å²) >= 11 is 0. The predicted octanol–water partition coefficient (Wildman–Crippen LogP) is -1.69. The number of aliphatic carboxylic acids is 2. The van der Waals surface area contributed by atoms with Crippen molar-refractivity contribution < 1.29 is 39.3 Å². The van der Waals surface area contributed by atoms with Gasteiger partial charge in [-0.2, -0.15) is 0 Å². The molecule has 0 radical (unpaired) electrons. The molecule has 206 valence electrons. The summed E-state index contributed by atoms with van der Waals surface area (Å²) in [5, 5.41) is 35.2. The number of aliphatic hydroxyl groups excluding tert-OH is 1. The van der Waals surface area contributed by atoms with Gasteiger partial charge in [-0.1, -0.05) is 30.3 Å². The number of nitrogens with two attached hydrogens (primary N) is 1. The second-order valence-electron chi connectivity index (χ2n) is 8.70. The van der Waals surface area contributed by atoms with E-state index in [9.17, 15) is 34.2 Å². The third-order valence-electron chi connectivity index (χ3n) is 5.58. The highest BCUT2D eigenvalue weighted by Crippen LogP contribution is 2.07. The zero-order valence-electron chi connectivity index (χ0n) is 20.7. The number of carboxylic acid groups (broad SMARTS) is 2. The van der Waals surface area contributed by atoms with E-state index in [-0.39, 0.29) is 25.7 Å². The van der Waals surface area contributed by atoms with Crippen LogP contribution in [0.2, 0.25) is 0 Å². The Bertz CT molecular complexity index is 1090. The van der Waals surface area contributed by atoms with Crippen molar-refractivity contribution >= 4 is 29.7 Å². The van der Waals surface area contributed by atoms with Gasteiger partial charge in [-0.05, 0) is 18.9 Å². The number of aromatic nitrogens is 2. The molecule has 14 nitrogen and oxygen atoms in total. The van der Waals surface area contributed by atoms with Crippen LogP contribution in [0.25, 0.3) is 0 Å². The smallest absolute Gasteiger partial charge is 0.328 e. The van der Waals surface area contributed by atoms with E-state index < -0.39 is 59.9 Å². The number of aromatic amines is 1. The number of benzene rings is 1. The lowest BCUT2D eigenvalue weighted by Crippen LogP contribution is -2.59. The van der Waals surface area contributed by atoms with Crippen molar-refractivity contribution in [2.75, 3.05) is 0 Å². The van der Waals surface area contributed by atoms with Crippen LogP contribution in [0.4, 0.5) is 0 Å². The summed E-state index contributed by atoms with van der Waals surface area (Å²) in [4.78, 5) is 67.9. The molecule has 5 unspecified atom stereocenters. The highest BCUT2D eigenvalue weighted by molar-refractivity contribution is 5.94. The maximum Gasteiger partial charge on any atom is 0.328 e. The molecule has 38 heavy (non-hydrogen) atoms. The van der Waals surface area contributed by atoms with Crippen LogP contribution in [0.15, 0.2) is 42.9 Å². The van der Waals surface area contributed by atoms with E-state index in [0.29, 0.717) is 11.3 Å². The highest BCUT2D eigenvalue weighted by Gasteiger charge is 2.32. The van der Waals surface area contributed by atoms with E-state index in [4.69, 9.17) is 10.8 Å². The number of hydrogen-bond acceptors (Lipinski definition) is 8. The summed E-state index contributed by atoms with van der Waals surface area (Å²) in [5.41, 5.74) is 6.93. The van der Waals surface area contributed by atoms with Crippen molar-refractivity contribution in [2.45, 2.75) is 62.9 Å². The van der Waals surface area contributed by atoms with Crippen molar-refractivity contribution in [3.8, 4) is 0 Å². The average molecular weight is 533 g/mol. The molecule has 0 spiro atoms. The van der Waals surface area contributed by atoms with Gasteiger partial charge < -0.3 is 42.0 Å². The second-order valence-corrected chi connectivity index (χ2v) is 8.70. The van der Waals surface area contributed by atoms with Crippen LogP contribution >= 0.6 is 0 Å². The normalized spacial score (nSPS) is 14.8. The Kier molecular flexibility index (Phi) is 11.4. The molecule has 1 aromatic carbocycles.